The smallest absolute Gasteiger partial charge is 0.234 e. The molecule has 1 heterocycles. The van der Waals surface area contributed by atoms with Crippen molar-refractivity contribution in [3.63, 3.8) is 0 Å². The summed E-state index contributed by atoms with van der Waals surface area (Å²) in [6.07, 6.45) is 1.35. The number of carbonyl (C=O) groups excluding carboxylic acids is 2. The van der Waals surface area contributed by atoms with Gasteiger partial charge in [-0.25, -0.2) is 0 Å². The standard InChI is InChI=1S/C14H18N2O2/c17-13(12-5-2-1-3-6-12)7-4-9-16-10-8-15-14(18)11-16/h1-3,5-6H,4,7-11H2,(H,15,18). The molecule has 1 fully saturated rings. The molecule has 0 spiro atoms. The minimum absolute atomic E-state index is 0.0793. The van der Waals surface area contributed by atoms with Gasteiger partial charge >= 0.3 is 0 Å². The second kappa shape index (κ2) is 6.31. The molecule has 0 saturated carbocycles. The minimum Gasteiger partial charge on any atom is -0.354 e. The molecule has 4 nitrogen and oxygen atoms in total. The lowest BCUT2D eigenvalue weighted by Crippen LogP contribution is -2.47. The highest BCUT2D eigenvalue weighted by Crippen LogP contribution is 2.06. The summed E-state index contributed by atoms with van der Waals surface area (Å²) in [7, 11) is 0. The van der Waals surface area contributed by atoms with Crippen LogP contribution in [0.4, 0.5) is 0 Å². The van der Waals surface area contributed by atoms with Crippen LogP contribution in [-0.4, -0.2) is 42.8 Å². The molecule has 0 aromatic heterocycles. The number of hydrogen-bond acceptors (Lipinski definition) is 3. The summed E-state index contributed by atoms with van der Waals surface area (Å²) in [5.41, 5.74) is 0.772. The molecular weight excluding hydrogens is 228 g/mol. The quantitative estimate of drug-likeness (QED) is 0.791. The zero-order chi connectivity index (χ0) is 12.8. The van der Waals surface area contributed by atoms with E-state index in [0.29, 0.717) is 19.5 Å². The van der Waals surface area contributed by atoms with E-state index in [9.17, 15) is 9.59 Å². The highest BCUT2D eigenvalue weighted by atomic mass is 16.2. The van der Waals surface area contributed by atoms with Crippen molar-refractivity contribution in [2.75, 3.05) is 26.2 Å². The Bertz CT molecular complexity index is 417. The van der Waals surface area contributed by atoms with Crippen molar-refractivity contribution in [2.45, 2.75) is 12.8 Å². The number of hydrogen-bond donors (Lipinski definition) is 1. The lowest BCUT2D eigenvalue weighted by molar-refractivity contribution is -0.124. The Labute approximate surface area is 107 Å². The van der Waals surface area contributed by atoms with E-state index < -0.39 is 0 Å². The Morgan fingerprint density at radius 3 is 2.78 bits per heavy atom. The molecule has 1 aromatic carbocycles. The first-order valence-electron chi connectivity index (χ1n) is 6.33. The van der Waals surface area contributed by atoms with Crippen LogP contribution in [0.15, 0.2) is 30.3 Å². The first kappa shape index (κ1) is 12.8. The Morgan fingerprint density at radius 1 is 1.28 bits per heavy atom. The Morgan fingerprint density at radius 2 is 2.06 bits per heavy atom. The van der Waals surface area contributed by atoms with E-state index in [0.717, 1.165) is 25.1 Å². The SMILES string of the molecule is O=C1CN(CCCC(=O)c2ccccc2)CCN1. The third-order valence-corrected chi connectivity index (χ3v) is 3.09. The zero-order valence-corrected chi connectivity index (χ0v) is 10.4. The molecular formula is C14H18N2O2. The van der Waals surface area contributed by atoms with E-state index in [4.69, 9.17) is 0 Å². The fraction of sp³-hybridized carbons (Fsp3) is 0.429. The molecule has 18 heavy (non-hydrogen) atoms. The predicted octanol–water partition coefficient (Wildman–Crippen LogP) is 1.08. The van der Waals surface area contributed by atoms with Gasteiger partial charge in [-0.1, -0.05) is 30.3 Å². The first-order valence-corrected chi connectivity index (χ1v) is 6.33. The molecule has 0 atom stereocenters. The number of Topliss-reactive ketones (excluding diaryl/α,β-unsaturated/α-hetero) is 1. The van der Waals surface area contributed by atoms with Crippen LogP contribution in [-0.2, 0) is 4.79 Å². The van der Waals surface area contributed by atoms with E-state index in [2.05, 4.69) is 10.2 Å². The van der Waals surface area contributed by atoms with E-state index in [1.54, 1.807) is 0 Å². The summed E-state index contributed by atoms with van der Waals surface area (Å²) in [5, 5.41) is 2.79. The monoisotopic (exact) mass is 246 g/mol. The molecule has 1 aliphatic rings. The largest absolute Gasteiger partial charge is 0.354 e. The van der Waals surface area contributed by atoms with Crippen molar-refractivity contribution in [1.29, 1.82) is 0 Å². The van der Waals surface area contributed by atoms with Crippen molar-refractivity contribution in [2.24, 2.45) is 0 Å². The van der Waals surface area contributed by atoms with E-state index in [1.165, 1.54) is 0 Å². The van der Waals surface area contributed by atoms with Crippen LogP contribution in [0.2, 0.25) is 0 Å². The zero-order valence-electron chi connectivity index (χ0n) is 10.4. The van der Waals surface area contributed by atoms with Gasteiger partial charge in [0, 0.05) is 25.1 Å². The number of nitrogens with zero attached hydrogens (tertiary/aromatic N) is 1. The maximum atomic E-state index is 11.9. The van der Waals surface area contributed by atoms with Crippen LogP contribution in [0.5, 0.6) is 0 Å². The van der Waals surface area contributed by atoms with E-state index in [-0.39, 0.29) is 11.7 Å². The molecule has 0 unspecified atom stereocenters. The molecule has 0 bridgehead atoms. The van der Waals surface area contributed by atoms with Gasteiger partial charge in [0.05, 0.1) is 6.54 Å². The van der Waals surface area contributed by atoms with Gasteiger partial charge in [-0.05, 0) is 13.0 Å². The van der Waals surface area contributed by atoms with Gasteiger partial charge in [0.2, 0.25) is 5.91 Å². The van der Waals surface area contributed by atoms with Crippen molar-refractivity contribution >= 4 is 11.7 Å². The number of ketones is 1. The Balaban J connectivity index is 1.72. The highest BCUT2D eigenvalue weighted by molar-refractivity contribution is 5.95. The third kappa shape index (κ3) is 3.67. The summed E-state index contributed by atoms with van der Waals surface area (Å²) >= 11 is 0. The average Bonchev–Trinajstić information content (AvgIpc) is 2.40. The number of benzene rings is 1. The van der Waals surface area contributed by atoms with Crippen LogP contribution >= 0.6 is 0 Å². The molecule has 1 saturated heterocycles. The number of piperazine rings is 1. The second-order valence-electron chi connectivity index (χ2n) is 4.52. The van der Waals surface area contributed by atoms with Crippen LogP contribution in [0, 0.1) is 0 Å². The first-order chi connectivity index (χ1) is 8.75. The molecule has 0 aliphatic carbocycles. The van der Waals surface area contributed by atoms with Gasteiger partial charge in [-0.3, -0.25) is 14.5 Å². The average molecular weight is 246 g/mol. The van der Waals surface area contributed by atoms with Crippen LogP contribution in [0.1, 0.15) is 23.2 Å². The van der Waals surface area contributed by atoms with Crippen LogP contribution in [0.3, 0.4) is 0 Å². The minimum atomic E-state index is 0.0793. The molecule has 2 rings (SSSR count). The fourth-order valence-electron chi connectivity index (χ4n) is 2.11. The van der Waals surface area contributed by atoms with Gasteiger partial charge < -0.3 is 5.32 Å². The lowest BCUT2D eigenvalue weighted by Gasteiger charge is -2.26. The molecule has 96 valence electrons. The topological polar surface area (TPSA) is 49.4 Å². The maximum Gasteiger partial charge on any atom is 0.234 e. The van der Waals surface area contributed by atoms with Crippen molar-refractivity contribution in [3.05, 3.63) is 35.9 Å². The lowest BCUT2D eigenvalue weighted by atomic mass is 10.1. The van der Waals surface area contributed by atoms with Crippen molar-refractivity contribution in [1.82, 2.24) is 10.2 Å². The summed E-state index contributed by atoms with van der Waals surface area (Å²) in [6, 6.07) is 9.35. The van der Waals surface area contributed by atoms with Crippen molar-refractivity contribution in [3.8, 4) is 0 Å². The highest BCUT2D eigenvalue weighted by Gasteiger charge is 2.15. The molecule has 1 amide bonds. The van der Waals surface area contributed by atoms with Gasteiger partial charge in [0.1, 0.15) is 0 Å². The van der Waals surface area contributed by atoms with Gasteiger partial charge in [0.25, 0.3) is 0 Å². The number of carbonyl (C=O) groups is 2. The fourth-order valence-corrected chi connectivity index (χ4v) is 2.11. The molecule has 0 radical (unpaired) electrons. The van der Waals surface area contributed by atoms with Crippen LogP contribution < -0.4 is 5.32 Å². The predicted molar refractivity (Wildman–Crippen MR) is 69.5 cm³/mol. The summed E-state index contributed by atoms with van der Waals surface area (Å²) in [5.74, 6) is 0.257. The van der Waals surface area contributed by atoms with Gasteiger partial charge in [0.15, 0.2) is 5.78 Å². The molecule has 1 N–H and O–H groups in total. The molecule has 1 aromatic rings. The molecule has 1 aliphatic heterocycles. The summed E-state index contributed by atoms with van der Waals surface area (Å²) < 4.78 is 0. The Kier molecular flexibility index (Phi) is 4.47. The molecule has 4 heteroatoms. The summed E-state index contributed by atoms with van der Waals surface area (Å²) in [6.45, 7) is 2.86. The Hall–Kier alpha value is -1.68. The van der Waals surface area contributed by atoms with E-state index >= 15 is 0 Å². The van der Waals surface area contributed by atoms with Crippen molar-refractivity contribution < 1.29 is 9.59 Å². The number of amides is 1. The third-order valence-electron chi connectivity index (χ3n) is 3.09. The summed E-state index contributed by atoms with van der Waals surface area (Å²) in [4.78, 5) is 25.1. The number of nitrogens with one attached hydrogen (secondary N) is 1. The normalized spacial score (nSPS) is 16.3. The van der Waals surface area contributed by atoms with E-state index in [1.807, 2.05) is 30.3 Å². The second-order valence-corrected chi connectivity index (χ2v) is 4.52. The van der Waals surface area contributed by atoms with Gasteiger partial charge in [-0.15, -0.1) is 0 Å². The van der Waals surface area contributed by atoms with Gasteiger partial charge in [-0.2, -0.15) is 0 Å². The maximum absolute atomic E-state index is 11.9. The number of rotatable bonds is 5. The van der Waals surface area contributed by atoms with Crippen LogP contribution in [0.25, 0.3) is 0 Å².